The van der Waals surface area contributed by atoms with Crippen molar-refractivity contribution in [2.75, 3.05) is 27.1 Å². The van der Waals surface area contributed by atoms with Gasteiger partial charge < -0.3 is 14.2 Å². The lowest BCUT2D eigenvalue weighted by molar-refractivity contribution is 0.324. The number of nitrogens with zero attached hydrogens (tertiary/aromatic N) is 4. The van der Waals surface area contributed by atoms with Crippen LogP contribution in [0.5, 0.6) is 17.2 Å². The van der Waals surface area contributed by atoms with Gasteiger partial charge in [-0.1, -0.05) is 17.8 Å². The number of benzene rings is 1. The molecule has 1 aromatic carbocycles. The smallest absolute Gasteiger partial charge is 0.203 e. The SMILES string of the molecule is C=CCSc1nc(Sc2nccs2)c(C#N)c(-c2cc(OC)c(OC)c(OC)c2)n1. The van der Waals surface area contributed by atoms with E-state index >= 15 is 0 Å². The van der Waals surface area contributed by atoms with Crippen molar-refractivity contribution >= 4 is 34.9 Å². The van der Waals surface area contributed by atoms with Crippen molar-refractivity contribution in [3.8, 4) is 34.6 Å². The first-order valence-corrected chi connectivity index (χ1v) is 11.3. The molecular weight excluding hydrogens is 440 g/mol. The number of aromatic nitrogens is 3. The van der Waals surface area contributed by atoms with Crippen LogP contribution >= 0.6 is 34.9 Å². The van der Waals surface area contributed by atoms with E-state index in [1.165, 1.54) is 42.0 Å². The summed E-state index contributed by atoms with van der Waals surface area (Å²) in [6.07, 6.45) is 3.49. The molecule has 0 saturated heterocycles. The Hall–Kier alpha value is -2.74. The van der Waals surface area contributed by atoms with Crippen molar-refractivity contribution in [2.45, 2.75) is 14.5 Å². The molecule has 0 unspecified atom stereocenters. The lowest BCUT2D eigenvalue weighted by Gasteiger charge is -2.15. The van der Waals surface area contributed by atoms with Gasteiger partial charge in [-0.3, -0.25) is 0 Å². The van der Waals surface area contributed by atoms with Crippen LogP contribution in [0.3, 0.4) is 0 Å². The Morgan fingerprint density at radius 1 is 1.17 bits per heavy atom. The quantitative estimate of drug-likeness (QED) is 0.192. The zero-order valence-corrected chi connectivity index (χ0v) is 19.0. The largest absolute Gasteiger partial charge is 0.493 e. The van der Waals surface area contributed by atoms with Crippen molar-refractivity contribution in [2.24, 2.45) is 0 Å². The Balaban J connectivity index is 2.22. The summed E-state index contributed by atoms with van der Waals surface area (Å²) in [5.41, 5.74) is 1.50. The van der Waals surface area contributed by atoms with E-state index in [1.807, 2.05) is 5.38 Å². The van der Waals surface area contributed by atoms with Crippen LogP contribution in [0.2, 0.25) is 0 Å². The summed E-state index contributed by atoms with van der Waals surface area (Å²) in [6, 6.07) is 5.79. The summed E-state index contributed by atoms with van der Waals surface area (Å²) in [5, 5.41) is 12.9. The van der Waals surface area contributed by atoms with Gasteiger partial charge in [0.2, 0.25) is 5.75 Å². The van der Waals surface area contributed by atoms with E-state index in [0.29, 0.717) is 50.0 Å². The van der Waals surface area contributed by atoms with Gasteiger partial charge in [-0.2, -0.15) is 5.26 Å². The number of ether oxygens (including phenoxy) is 3. The minimum Gasteiger partial charge on any atom is -0.493 e. The molecule has 3 aromatic rings. The second-order valence-corrected chi connectivity index (χ2v) is 8.68. The number of methoxy groups -OCH3 is 3. The van der Waals surface area contributed by atoms with E-state index in [0.717, 1.165) is 4.34 Å². The second kappa shape index (κ2) is 10.3. The summed E-state index contributed by atoms with van der Waals surface area (Å²) in [6.45, 7) is 3.75. The molecular formula is C20H18N4O3S3. The number of thioether (sulfide) groups is 1. The lowest BCUT2D eigenvalue weighted by atomic mass is 10.1. The molecule has 0 amide bonds. The molecule has 154 valence electrons. The van der Waals surface area contributed by atoms with Gasteiger partial charge in [0.25, 0.3) is 0 Å². The zero-order valence-electron chi connectivity index (χ0n) is 16.5. The lowest BCUT2D eigenvalue weighted by Crippen LogP contribution is -2.01. The third kappa shape index (κ3) is 4.70. The molecule has 0 spiro atoms. The second-order valence-electron chi connectivity index (χ2n) is 5.56. The first-order valence-electron chi connectivity index (χ1n) is 8.58. The van der Waals surface area contributed by atoms with Crippen LogP contribution in [0.4, 0.5) is 0 Å². The maximum Gasteiger partial charge on any atom is 0.203 e. The van der Waals surface area contributed by atoms with Gasteiger partial charge in [-0.15, -0.1) is 17.9 Å². The highest BCUT2D eigenvalue weighted by atomic mass is 32.2. The molecule has 10 heteroatoms. The van der Waals surface area contributed by atoms with Crippen molar-refractivity contribution < 1.29 is 14.2 Å². The molecule has 2 heterocycles. The van der Waals surface area contributed by atoms with Crippen LogP contribution < -0.4 is 14.2 Å². The first kappa shape index (κ1) is 22.0. The summed E-state index contributed by atoms with van der Waals surface area (Å²) in [5.74, 6) is 2.06. The highest BCUT2D eigenvalue weighted by molar-refractivity contribution is 8.01. The average Bonchev–Trinajstić information content (AvgIpc) is 3.29. The highest BCUT2D eigenvalue weighted by Gasteiger charge is 2.21. The Morgan fingerprint density at radius 3 is 2.43 bits per heavy atom. The third-order valence-corrected chi connectivity index (χ3v) is 6.54. The van der Waals surface area contributed by atoms with Gasteiger partial charge in [-0.05, 0) is 23.9 Å². The topological polar surface area (TPSA) is 90.2 Å². The number of nitriles is 1. The van der Waals surface area contributed by atoms with Gasteiger partial charge in [0.15, 0.2) is 21.0 Å². The van der Waals surface area contributed by atoms with E-state index in [-0.39, 0.29) is 0 Å². The molecule has 0 aliphatic carbocycles. The predicted octanol–water partition coefficient (Wildman–Crippen LogP) is 4.93. The fourth-order valence-corrected chi connectivity index (χ4v) is 4.81. The summed E-state index contributed by atoms with van der Waals surface area (Å²) >= 11 is 4.25. The van der Waals surface area contributed by atoms with Crippen LogP contribution in [0.15, 0.2) is 50.9 Å². The maximum atomic E-state index is 9.94. The normalized spacial score (nSPS) is 10.3. The van der Waals surface area contributed by atoms with E-state index in [4.69, 9.17) is 14.2 Å². The molecule has 0 fully saturated rings. The average molecular weight is 459 g/mol. The number of thiazole rings is 1. The number of rotatable bonds is 9. The molecule has 3 rings (SSSR count). The molecule has 0 saturated carbocycles. The van der Waals surface area contributed by atoms with Gasteiger partial charge in [0.1, 0.15) is 16.7 Å². The maximum absolute atomic E-state index is 9.94. The Labute approximate surface area is 187 Å². The standard InChI is InChI=1S/C20H18N4O3S3/c1-5-7-28-19-23-16(12-9-14(25-2)17(27-4)15(10-12)26-3)13(11-21)18(24-19)30-20-22-6-8-29-20/h5-6,8-10H,1,7H2,2-4H3. The first-order chi connectivity index (χ1) is 14.6. The van der Waals surface area contributed by atoms with Crippen LogP contribution in [-0.4, -0.2) is 42.0 Å². The van der Waals surface area contributed by atoms with Gasteiger partial charge in [0, 0.05) is 22.9 Å². The number of hydrogen-bond acceptors (Lipinski definition) is 10. The Bertz CT molecular complexity index is 1060. The van der Waals surface area contributed by atoms with Crippen molar-refractivity contribution in [3.05, 3.63) is 41.9 Å². The molecule has 0 aliphatic heterocycles. The monoisotopic (exact) mass is 458 g/mol. The number of hydrogen-bond donors (Lipinski definition) is 0. The molecule has 0 radical (unpaired) electrons. The Kier molecular flexibility index (Phi) is 7.57. The molecule has 7 nitrogen and oxygen atoms in total. The van der Waals surface area contributed by atoms with Crippen molar-refractivity contribution in [3.63, 3.8) is 0 Å². The van der Waals surface area contributed by atoms with Crippen LogP contribution in [-0.2, 0) is 0 Å². The highest BCUT2D eigenvalue weighted by Crippen LogP contribution is 2.43. The molecule has 30 heavy (non-hydrogen) atoms. The van der Waals surface area contributed by atoms with E-state index < -0.39 is 0 Å². The molecule has 0 bridgehead atoms. The minimum absolute atomic E-state index is 0.354. The van der Waals surface area contributed by atoms with E-state index in [1.54, 1.807) is 38.6 Å². The molecule has 2 aromatic heterocycles. The third-order valence-electron chi connectivity index (χ3n) is 3.83. The molecule has 0 atom stereocenters. The molecule has 0 aliphatic rings. The summed E-state index contributed by atoms with van der Waals surface area (Å²) in [4.78, 5) is 13.5. The van der Waals surface area contributed by atoms with Gasteiger partial charge in [-0.25, -0.2) is 15.0 Å². The fraction of sp³-hybridized carbons (Fsp3) is 0.200. The fourth-order valence-electron chi connectivity index (χ4n) is 2.56. The zero-order chi connectivity index (χ0) is 21.5. The van der Waals surface area contributed by atoms with Gasteiger partial charge in [0.05, 0.1) is 27.0 Å². The van der Waals surface area contributed by atoms with Crippen LogP contribution in [0, 0.1) is 11.3 Å². The van der Waals surface area contributed by atoms with Crippen molar-refractivity contribution in [1.82, 2.24) is 15.0 Å². The van der Waals surface area contributed by atoms with E-state index in [9.17, 15) is 5.26 Å². The Morgan fingerprint density at radius 2 is 1.90 bits per heavy atom. The van der Waals surface area contributed by atoms with Crippen LogP contribution in [0.25, 0.3) is 11.3 Å². The van der Waals surface area contributed by atoms with E-state index in [2.05, 4.69) is 27.6 Å². The van der Waals surface area contributed by atoms with Gasteiger partial charge >= 0.3 is 0 Å². The summed E-state index contributed by atoms with van der Waals surface area (Å²) in [7, 11) is 4.63. The van der Waals surface area contributed by atoms with Crippen LogP contribution in [0.1, 0.15) is 5.56 Å². The van der Waals surface area contributed by atoms with Crippen molar-refractivity contribution in [1.29, 1.82) is 5.26 Å². The minimum atomic E-state index is 0.354. The molecule has 0 N–H and O–H groups in total. The summed E-state index contributed by atoms with van der Waals surface area (Å²) < 4.78 is 17.1. The predicted molar refractivity (Wildman–Crippen MR) is 119 cm³/mol.